The Balaban J connectivity index is 1.46. The molecule has 1 aromatic heterocycles. The second-order valence-corrected chi connectivity index (χ2v) is 9.99. The Hall–Kier alpha value is -2.95. The number of carbonyl (C=O) groups is 1. The smallest absolute Gasteiger partial charge is 0.267 e. The third-order valence-corrected chi connectivity index (χ3v) is 8.21. The van der Waals surface area contributed by atoms with Gasteiger partial charge >= 0.3 is 0 Å². The summed E-state index contributed by atoms with van der Waals surface area (Å²) in [6.45, 7) is 1.69. The van der Waals surface area contributed by atoms with Crippen molar-refractivity contribution in [2.75, 3.05) is 43.5 Å². The van der Waals surface area contributed by atoms with Crippen molar-refractivity contribution in [2.24, 2.45) is 0 Å². The minimum atomic E-state index is -3.83. The molecule has 0 saturated carbocycles. The predicted octanol–water partition coefficient (Wildman–Crippen LogP) is 3.66. The molecule has 2 heterocycles. The normalized spacial score (nSPS) is 14.9. The van der Waals surface area contributed by atoms with E-state index >= 15 is 0 Å². The lowest BCUT2D eigenvalue weighted by Crippen LogP contribution is -2.48. The van der Waals surface area contributed by atoms with Crippen LogP contribution < -0.4 is 15.0 Å². The van der Waals surface area contributed by atoms with Gasteiger partial charge in [-0.3, -0.25) is 4.79 Å². The molecule has 1 fully saturated rings. The van der Waals surface area contributed by atoms with E-state index in [-0.39, 0.29) is 9.77 Å². The van der Waals surface area contributed by atoms with Crippen molar-refractivity contribution in [2.45, 2.75) is 4.90 Å². The van der Waals surface area contributed by atoms with Crippen LogP contribution in [0.15, 0.2) is 64.9 Å². The number of nitrogens with one attached hydrogen (secondary N) is 1. The summed E-state index contributed by atoms with van der Waals surface area (Å²) in [5, 5.41) is 4.21. The molecule has 10 heteroatoms. The number of hydrogen-bond acceptors (Lipinski definition) is 6. The van der Waals surface area contributed by atoms with Crippen molar-refractivity contribution >= 4 is 38.6 Å². The topological polar surface area (TPSA) is 79.0 Å². The molecule has 1 saturated heterocycles. The fourth-order valence-corrected chi connectivity index (χ4v) is 6.22. The van der Waals surface area contributed by atoms with Crippen molar-refractivity contribution in [3.05, 3.63) is 70.7 Å². The molecule has 1 amide bonds. The van der Waals surface area contributed by atoms with E-state index in [4.69, 9.17) is 4.74 Å². The molecule has 1 aliphatic rings. The highest BCUT2D eigenvalue weighted by Gasteiger charge is 2.32. The number of sulfonamides is 1. The van der Waals surface area contributed by atoms with Crippen LogP contribution in [0.4, 0.5) is 15.8 Å². The van der Waals surface area contributed by atoms with Gasteiger partial charge in [0.1, 0.15) is 21.3 Å². The van der Waals surface area contributed by atoms with E-state index in [1.807, 2.05) is 24.3 Å². The number of methoxy groups -OCH3 is 1. The van der Waals surface area contributed by atoms with Gasteiger partial charge in [0.15, 0.2) is 0 Å². The van der Waals surface area contributed by atoms with Gasteiger partial charge in [-0.2, -0.15) is 4.31 Å². The molecule has 0 atom stereocenters. The van der Waals surface area contributed by atoms with Crippen molar-refractivity contribution in [3.8, 4) is 5.75 Å². The van der Waals surface area contributed by atoms with Crippen molar-refractivity contribution in [1.29, 1.82) is 0 Å². The zero-order chi connectivity index (χ0) is 22.7. The van der Waals surface area contributed by atoms with Gasteiger partial charge in [0.2, 0.25) is 10.0 Å². The molecule has 0 spiro atoms. The number of hydrogen-bond donors (Lipinski definition) is 1. The molecule has 32 heavy (non-hydrogen) atoms. The molecule has 168 valence electrons. The van der Waals surface area contributed by atoms with Gasteiger partial charge in [-0.05, 0) is 60.0 Å². The minimum Gasteiger partial charge on any atom is -0.497 e. The van der Waals surface area contributed by atoms with E-state index in [0.717, 1.165) is 22.8 Å². The molecular weight excluding hydrogens is 453 g/mol. The second kappa shape index (κ2) is 9.27. The Kier molecular flexibility index (Phi) is 6.45. The number of halogens is 1. The first kappa shape index (κ1) is 22.3. The monoisotopic (exact) mass is 475 g/mol. The number of rotatable bonds is 6. The summed E-state index contributed by atoms with van der Waals surface area (Å²) >= 11 is 1.06. The molecule has 7 nitrogen and oxygen atoms in total. The van der Waals surface area contributed by atoms with Crippen LogP contribution in [-0.2, 0) is 10.0 Å². The van der Waals surface area contributed by atoms with Gasteiger partial charge in [-0.1, -0.05) is 0 Å². The first-order valence-electron chi connectivity index (χ1n) is 9.92. The zero-order valence-electron chi connectivity index (χ0n) is 17.3. The summed E-state index contributed by atoms with van der Waals surface area (Å²) in [6, 6.07) is 14.4. The molecule has 4 rings (SSSR count). The largest absolute Gasteiger partial charge is 0.497 e. The van der Waals surface area contributed by atoms with Gasteiger partial charge in [0.05, 0.1) is 7.11 Å². The van der Waals surface area contributed by atoms with E-state index < -0.39 is 21.7 Å². The molecule has 0 aliphatic carbocycles. The first-order chi connectivity index (χ1) is 15.4. The van der Waals surface area contributed by atoms with Crippen molar-refractivity contribution in [1.82, 2.24) is 4.31 Å². The Morgan fingerprint density at radius 3 is 2.28 bits per heavy atom. The summed E-state index contributed by atoms with van der Waals surface area (Å²) in [6.07, 6.45) is 0. The summed E-state index contributed by atoms with van der Waals surface area (Å²) in [7, 11) is -2.23. The van der Waals surface area contributed by atoms with Crippen LogP contribution in [0.2, 0.25) is 0 Å². The summed E-state index contributed by atoms with van der Waals surface area (Å²) in [4.78, 5) is 14.9. The van der Waals surface area contributed by atoms with Crippen molar-refractivity contribution < 1.29 is 22.3 Å². The van der Waals surface area contributed by atoms with Crippen molar-refractivity contribution in [3.63, 3.8) is 0 Å². The van der Waals surface area contributed by atoms with E-state index in [1.54, 1.807) is 12.5 Å². The number of anilines is 2. The minimum absolute atomic E-state index is 0.0139. The summed E-state index contributed by atoms with van der Waals surface area (Å²) in [5.41, 5.74) is 1.39. The van der Waals surface area contributed by atoms with Gasteiger partial charge in [-0.25, -0.2) is 12.8 Å². The number of benzene rings is 2. The third-order valence-electron chi connectivity index (χ3n) is 5.23. The van der Waals surface area contributed by atoms with Gasteiger partial charge in [0.25, 0.3) is 5.91 Å². The fourth-order valence-electron chi connectivity index (χ4n) is 3.51. The Labute approximate surface area is 190 Å². The summed E-state index contributed by atoms with van der Waals surface area (Å²) in [5.74, 6) is -0.197. The first-order valence-corrected chi connectivity index (χ1v) is 12.2. The average Bonchev–Trinajstić information content (AvgIpc) is 3.32. The molecular formula is C22H22FN3O4S2. The second-order valence-electron chi connectivity index (χ2n) is 7.16. The molecule has 0 unspecified atom stereocenters. The highest BCUT2D eigenvalue weighted by Crippen LogP contribution is 2.28. The standard InChI is InChI=1S/C22H22FN3O4S2/c1-30-19-8-6-18(7-9-19)25-11-13-26(14-12-25)32(28,29)20-10-15-31-21(20)22(27)24-17-4-2-16(23)3-5-17/h2-10,15H,11-14H2,1H3,(H,24,27). The summed E-state index contributed by atoms with van der Waals surface area (Å²) < 4.78 is 46.2. The molecule has 3 aromatic rings. The zero-order valence-corrected chi connectivity index (χ0v) is 19.0. The lowest BCUT2D eigenvalue weighted by molar-refractivity contribution is 0.102. The highest BCUT2D eigenvalue weighted by molar-refractivity contribution is 7.89. The lowest BCUT2D eigenvalue weighted by atomic mass is 10.2. The maximum Gasteiger partial charge on any atom is 0.267 e. The van der Waals surface area contributed by atoms with E-state index in [0.29, 0.717) is 31.9 Å². The maximum absolute atomic E-state index is 13.3. The quantitative estimate of drug-likeness (QED) is 0.589. The van der Waals surface area contributed by atoms with Crippen LogP contribution in [0.25, 0.3) is 0 Å². The van der Waals surface area contributed by atoms with E-state index in [9.17, 15) is 17.6 Å². The number of ether oxygens (including phenoxy) is 1. The number of piperazine rings is 1. The highest BCUT2D eigenvalue weighted by atomic mass is 32.2. The molecule has 1 aliphatic heterocycles. The Morgan fingerprint density at radius 2 is 1.66 bits per heavy atom. The number of amides is 1. The van der Waals surface area contributed by atoms with E-state index in [1.165, 1.54) is 34.6 Å². The van der Waals surface area contributed by atoms with Crippen LogP contribution in [0.5, 0.6) is 5.75 Å². The molecule has 0 bridgehead atoms. The van der Waals surface area contributed by atoms with Crippen LogP contribution in [0.1, 0.15) is 9.67 Å². The lowest BCUT2D eigenvalue weighted by Gasteiger charge is -2.35. The maximum atomic E-state index is 13.3. The SMILES string of the molecule is COc1ccc(N2CCN(S(=O)(=O)c3ccsc3C(=O)Nc3ccc(F)cc3)CC2)cc1. The number of carbonyl (C=O) groups excluding carboxylic acids is 1. The third kappa shape index (κ3) is 4.62. The van der Waals surface area contributed by atoms with Crippen LogP contribution in [0.3, 0.4) is 0 Å². The molecule has 0 radical (unpaired) electrons. The predicted molar refractivity (Wildman–Crippen MR) is 123 cm³/mol. The number of thiophene rings is 1. The molecule has 1 N–H and O–H groups in total. The van der Waals surface area contributed by atoms with Crippen LogP contribution >= 0.6 is 11.3 Å². The fraction of sp³-hybridized carbons (Fsp3) is 0.227. The Morgan fingerprint density at radius 1 is 1.00 bits per heavy atom. The van der Waals surface area contributed by atoms with Crippen LogP contribution in [-0.4, -0.2) is 51.9 Å². The molecule has 2 aromatic carbocycles. The number of nitrogens with zero attached hydrogens (tertiary/aromatic N) is 2. The Bertz CT molecular complexity index is 1190. The van der Waals surface area contributed by atoms with Gasteiger partial charge in [-0.15, -0.1) is 11.3 Å². The van der Waals surface area contributed by atoms with E-state index in [2.05, 4.69) is 10.2 Å². The van der Waals surface area contributed by atoms with Gasteiger partial charge in [0, 0.05) is 37.6 Å². The van der Waals surface area contributed by atoms with Crippen LogP contribution in [0, 0.1) is 5.82 Å². The van der Waals surface area contributed by atoms with Gasteiger partial charge < -0.3 is 15.0 Å². The average molecular weight is 476 g/mol.